The fraction of sp³-hybridized carbons (Fsp3) is 0.118. The summed E-state index contributed by atoms with van der Waals surface area (Å²) in [5.74, 6) is -0.819. The van der Waals surface area contributed by atoms with E-state index in [2.05, 4.69) is 4.98 Å². The molecule has 3 aromatic rings. The standard InChI is InChI=1S/C17H14N2O3S2/c18-16(21)12-5-3-11(4-6-12)9-22-15(20)8-13-10-24-17(19-13)14-2-1-7-23-14/h1-7,10H,8-9H2,(H2,18,21). The highest BCUT2D eigenvalue weighted by Crippen LogP contribution is 2.27. The van der Waals surface area contributed by atoms with Crippen molar-refractivity contribution in [1.82, 2.24) is 4.98 Å². The molecule has 0 aliphatic heterocycles. The molecule has 7 heteroatoms. The van der Waals surface area contributed by atoms with Crippen LogP contribution in [-0.2, 0) is 22.6 Å². The van der Waals surface area contributed by atoms with Gasteiger partial charge in [-0.1, -0.05) is 18.2 Å². The maximum absolute atomic E-state index is 11.9. The number of hydrogen-bond donors (Lipinski definition) is 1. The van der Waals surface area contributed by atoms with E-state index >= 15 is 0 Å². The number of aromatic nitrogens is 1. The summed E-state index contributed by atoms with van der Waals surface area (Å²) >= 11 is 3.13. The molecule has 0 saturated heterocycles. The lowest BCUT2D eigenvalue weighted by Crippen LogP contribution is -2.11. The van der Waals surface area contributed by atoms with Crippen LogP contribution in [-0.4, -0.2) is 16.9 Å². The normalized spacial score (nSPS) is 10.5. The first-order chi connectivity index (χ1) is 11.6. The van der Waals surface area contributed by atoms with Crippen LogP contribution in [0.2, 0.25) is 0 Å². The molecule has 0 bridgehead atoms. The Hall–Kier alpha value is -2.51. The molecule has 0 spiro atoms. The summed E-state index contributed by atoms with van der Waals surface area (Å²) in [6, 6.07) is 10.6. The summed E-state index contributed by atoms with van der Waals surface area (Å²) in [7, 11) is 0. The first-order valence-corrected chi connectivity index (χ1v) is 8.90. The maximum Gasteiger partial charge on any atom is 0.312 e. The second-order valence-corrected chi connectivity index (χ2v) is 6.83. The molecule has 0 fully saturated rings. The van der Waals surface area contributed by atoms with Crippen LogP contribution < -0.4 is 5.73 Å². The Morgan fingerprint density at radius 1 is 1.12 bits per heavy atom. The first-order valence-electron chi connectivity index (χ1n) is 7.14. The topological polar surface area (TPSA) is 82.3 Å². The predicted octanol–water partition coefficient (Wildman–Crippen LogP) is 3.26. The van der Waals surface area contributed by atoms with Gasteiger partial charge in [0.15, 0.2) is 0 Å². The monoisotopic (exact) mass is 358 g/mol. The molecule has 2 aromatic heterocycles. The van der Waals surface area contributed by atoms with Crippen molar-refractivity contribution in [3.8, 4) is 9.88 Å². The molecule has 0 radical (unpaired) electrons. The molecule has 3 rings (SSSR count). The molecular formula is C17H14N2O3S2. The highest BCUT2D eigenvalue weighted by Gasteiger charge is 2.11. The Balaban J connectivity index is 1.53. The molecular weight excluding hydrogens is 344 g/mol. The number of carbonyl (C=O) groups excluding carboxylic acids is 2. The van der Waals surface area contributed by atoms with Crippen LogP contribution in [0.4, 0.5) is 0 Å². The molecule has 0 aliphatic rings. The number of hydrogen-bond acceptors (Lipinski definition) is 6. The minimum Gasteiger partial charge on any atom is -0.461 e. The smallest absolute Gasteiger partial charge is 0.312 e. The van der Waals surface area contributed by atoms with E-state index in [4.69, 9.17) is 10.5 Å². The molecule has 122 valence electrons. The van der Waals surface area contributed by atoms with Gasteiger partial charge in [0.25, 0.3) is 0 Å². The van der Waals surface area contributed by atoms with E-state index in [9.17, 15) is 9.59 Å². The third-order valence-electron chi connectivity index (χ3n) is 3.25. The van der Waals surface area contributed by atoms with E-state index in [1.165, 1.54) is 11.3 Å². The van der Waals surface area contributed by atoms with Crippen LogP contribution >= 0.6 is 22.7 Å². The number of thiophene rings is 1. The maximum atomic E-state index is 11.9. The number of primary amides is 1. The number of esters is 1. The van der Waals surface area contributed by atoms with Crippen LogP contribution in [0, 0.1) is 0 Å². The molecule has 0 saturated carbocycles. The average Bonchev–Trinajstić information content (AvgIpc) is 3.24. The van der Waals surface area contributed by atoms with Crippen LogP contribution in [0.3, 0.4) is 0 Å². The SMILES string of the molecule is NC(=O)c1ccc(COC(=O)Cc2csc(-c3cccs3)n2)cc1. The van der Waals surface area contributed by atoms with Gasteiger partial charge in [-0.3, -0.25) is 9.59 Å². The van der Waals surface area contributed by atoms with Gasteiger partial charge in [-0.25, -0.2) is 4.98 Å². The number of nitrogens with zero attached hydrogens (tertiary/aromatic N) is 1. The lowest BCUT2D eigenvalue weighted by atomic mass is 10.1. The third-order valence-corrected chi connectivity index (χ3v) is 5.18. The number of nitrogens with two attached hydrogens (primary N) is 1. The second kappa shape index (κ2) is 7.37. The van der Waals surface area contributed by atoms with Crippen LogP contribution in [0.1, 0.15) is 21.6 Å². The van der Waals surface area contributed by atoms with Gasteiger partial charge in [0.1, 0.15) is 11.6 Å². The Morgan fingerprint density at radius 3 is 2.58 bits per heavy atom. The number of thiazole rings is 1. The fourth-order valence-corrected chi connectivity index (χ4v) is 3.66. The quantitative estimate of drug-likeness (QED) is 0.686. The van der Waals surface area contributed by atoms with Crippen molar-refractivity contribution in [2.45, 2.75) is 13.0 Å². The number of ether oxygens (including phenoxy) is 1. The zero-order chi connectivity index (χ0) is 16.9. The Bertz CT molecular complexity index is 839. The van der Waals surface area contributed by atoms with E-state index in [-0.39, 0.29) is 19.0 Å². The number of rotatable bonds is 6. The molecule has 2 heterocycles. The molecule has 0 unspecified atom stereocenters. The number of amides is 1. The Kier molecular flexibility index (Phi) is 5.02. The molecule has 1 amide bonds. The van der Waals surface area contributed by atoms with Crippen molar-refractivity contribution in [3.63, 3.8) is 0 Å². The molecule has 24 heavy (non-hydrogen) atoms. The van der Waals surface area contributed by atoms with Gasteiger partial charge < -0.3 is 10.5 Å². The number of carbonyl (C=O) groups is 2. The first kappa shape index (κ1) is 16.4. The zero-order valence-corrected chi connectivity index (χ0v) is 14.2. The van der Waals surface area contributed by atoms with Crippen LogP contribution in [0.5, 0.6) is 0 Å². The van der Waals surface area contributed by atoms with E-state index in [1.807, 2.05) is 22.9 Å². The largest absolute Gasteiger partial charge is 0.461 e. The van der Waals surface area contributed by atoms with Gasteiger partial charge in [-0.2, -0.15) is 0 Å². The van der Waals surface area contributed by atoms with Crippen molar-refractivity contribution in [2.24, 2.45) is 5.73 Å². The van der Waals surface area contributed by atoms with Gasteiger partial charge in [0, 0.05) is 10.9 Å². The van der Waals surface area contributed by atoms with Gasteiger partial charge in [-0.05, 0) is 29.1 Å². The summed E-state index contributed by atoms with van der Waals surface area (Å²) < 4.78 is 5.24. The molecule has 1 aromatic carbocycles. The molecule has 2 N–H and O–H groups in total. The lowest BCUT2D eigenvalue weighted by molar-refractivity contribution is -0.144. The summed E-state index contributed by atoms with van der Waals surface area (Å²) in [6.07, 6.45) is 0.140. The molecule has 0 atom stereocenters. The van der Waals surface area contributed by atoms with Crippen molar-refractivity contribution < 1.29 is 14.3 Å². The van der Waals surface area contributed by atoms with Crippen molar-refractivity contribution in [1.29, 1.82) is 0 Å². The highest BCUT2D eigenvalue weighted by atomic mass is 32.1. The highest BCUT2D eigenvalue weighted by molar-refractivity contribution is 7.20. The molecule has 5 nitrogen and oxygen atoms in total. The van der Waals surface area contributed by atoms with Gasteiger partial charge in [0.2, 0.25) is 5.91 Å². The van der Waals surface area contributed by atoms with Crippen LogP contribution in [0.25, 0.3) is 9.88 Å². The fourth-order valence-electron chi connectivity index (χ4n) is 2.03. The van der Waals surface area contributed by atoms with Crippen molar-refractivity contribution in [3.05, 3.63) is 64.0 Å². The van der Waals surface area contributed by atoms with Crippen molar-refractivity contribution >= 4 is 34.6 Å². The van der Waals surface area contributed by atoms with E-state index in [1.54, 1.807) is 35.6 Å². The summed E-state index contributed by atoms with van der Waals surface area (Å²) in [5.41, 5.74) is 7.11. The second-order valence-electron chi connectivity index (χ2n) is 5.02. The van der Waals surface area contributed by atoms with E-state index in [0.717, 1.165) is 15.4 Å². The van der Waals surface area contributed by atoms with E-state index < -0.39 is 5.91 Å². The summed E-state index contributed by atoms with van der Waals surface area (Å²) in [5, 5.41) is 4.78. The summed E-state index contributed by atoms with van der Waals surface area (Å²) in [4.78, 5) is 28.5. The third kappa shape index (κ3) is 4.06. The predicted molar refractivity (Wildman–Crippen MR) is 93.9 cm³/mol. The van der Waals surface area contributed by atoms with Crippen LogP contribution in [0.15, 0.2) is 47.2 Å². The van der Waals surface area contributed by atoms with Gasteiger partial charge in [-0.15, -0.1) is 22.7 Å². The minimum absolute atomic E-state index is 0.140. The van der Waals surface area contributed by atoms with Crippen molar-refractivity contribution in [2.75, 3.05) is 0 Å². The minimum atomic E-state index is -0.483. The Morgan fingerprint density at radius 2 is 1.92 bits per heavy atom. The van der Waals surface area contributed by atoms with Gasteiger partial charge in [0.05, 0.1) is 17.0 Å². The Labute approximate surface area is 146 Å². The summed E-state index contributed by atoms with van der Waals surface area (Å²) in [6.45, 7) is 0.153. The average molecular weight is 358 g/mol. The lowest BCUT2D eigenvalue weighted by Gasteiger charge is -2.04. The van der Waals surface area contributed by atoms with E-state index in [0.29, 0.717) is 11.3 Å². The molecule has 0 aliphatic carbocycles. The number of benzene rings is 1. The van der Waals surface area contributed by atoms with Gasteiger partial charge >= 0.3 is 5.97 Å². The zero-order valence-electron chi connectivity index (χ0n) is 12.6.